The molecule has 1 fully saturated rings. The van der Waals surface area contributed by atoms with Gasteiger partial charge in [-0.05, 0) is 58.7 Å². The standard InChI is InChI=1S/C29H34F3N7O6S/c1-4-45-27(41)15-25-34-35-36-38(25)18-26(40)37-13-14-39(46(43,44)23-11-9-22(10-12-23)29(30,31)32)24(17-37)28(42)33-16-20-5-7-21(8-6-20)19(2)3/h5-12,19,24H,4,13-18H2,1-3H3,(H,33,42)/t24-/m1/s1. The van der Waals surface area contributed by atoms with Gasteiger partial charge in [0.1, 0.15) is 19.0 Å². The highest BCUT2D eigenvalue weighted by Gasteiger charge is 2.42. The number of esters is 1. The molecule has 1 aliphatic rings. The van der Waals surface area contributed by atoms with Crippen molar-refractivity contribution in [3.63, 3.8) is 0 Å². The highest BCUT2D eigenvalue weighted by molar-refractivity contribution is 7.89. The van der Waals surface area contributed by atoms with Crippen LogP contribution < -0.4 is 5.32 Å². The fourth-order valence-electron chi connectivity index (χ4n) is 4.81. The van der Waals surface area contributed by atoms with Crippen LogP contribution in [-0.2, 0) is 54.8 Å². The number of amides is 2. The average Bonchev–Trinajstić information content (AvgIpc) is 3.45. The number of tetrazole rings is 1. The monoisotopic (exact) mass is 665 g/mol. The van der Waals surface area contributed by atoms with Gasteiger partial charge in [0.05, 0.1) is 17.1 Å². The first-order valence-electron chi connectivity index (χ1n) is 14.4. The Morgan fingerprint density at radius 3 is 2.33 bits per heavy atom. The number of carbonyl (C=O) groups excluding carboxylic acids is 3. The van der Waals surface area contributed by atoms with Crippen molar-refractivity contribution < 1.29 is 40.7 Å². The lowest BCUT2D eigenvalue weighted by Gasteiger charge is -2.39. The molecular weight excluding hydrogens is 631 g/mol. The van der Waals surface area contributed by atoms with Crippen LogP contribution in [0, 0.1) is 0 Å². The van der Waals surface area contributed by atoms with Crippen molar-refractivity contribution in [1.29, 1.82) is 0 Å². The van der Waals surface area contributed by atoms with E-state index in [4.69, 9.17) is 4.74 Å². The Hall–Kier alpha value is -4.38. The highest BCUT2D eigenvalue weighted by atomic mass is 32.2. The van der Waals surface area contributed by atoms with Crippen LogP contribution in [0.3, 0.4) is 0 Å². The van der Waals surface area contributed by atoms with E-state index < -0.39 is 57.0 Å². The fourth-order valence-corrected chi connectivity index (χ4v) is 6.38. The van der Waals surface area contributed by atoms with E-state index in [1.165, 1.54) is 4.90 Å². The third-order valence-corrected chi connectivity index (χ3v) is 9.31. The van der Waals surface area contributed by atoms with Crippen molar-refractivity contribution in [2.75, 3.05) is 26.2 Å². The number of alkyl halides is 3. The lowest BCUT2D eigenvalue weighted by molar-refractivity contribution is -0.143. The van der Waals surface area contributed by atoms with E-state index in [1.54, 1.807) is 6.92 Å². The van der Waals surface area contributed by atoms with Crippen molar-refractivity contribution in [2.45, 2.75) is 63.3 Å². The first-order chi connectivity index (χ1) is 21.7. The number of sulfonamides is 1. The molecule has 2 heterocycles. The topological polar surface area (TPSA) is 157 Å². The number of piperazine rings is 1. The van der Waals surface area contributed by atoms with Gasteiger partial charge in [-0.15, -0.1) is 5.10 Å². The Balaban J connectivity index is 1.55. The minimum Gasteiger partial charge on any atom is -0.466 e. The third kappa shape index (κ3) is 8.25. The Bertz CT molecular complexity index is 1640. The summed E-state index contributed by atoms with van der Waals surface area (Å²) in [7, 11) is -4.46. The number of nitrogens with zero attached hydrogens (tertiary/aromatic N) is 6. The molecule has 2 aromatic carbocycles. The lowest BCUT2D eigenvalue weighted by atomic mass is 10.0. The van der Waals surface area contributed by atoms with Gasteiger partial charge in [0.15, 0.2) is 5.82 Å². The number of halogens is 3. The lowest BCUT2D eigenvalue weighted by Crippen LogP contribution is -2.61. The number of benzene rings is 2. The summed E-state index contributed by atoms with van der Waals surface area (Å²) in [5.41, 5.74) is 0.828. The summed E-state index contributed by atoms with van der Waals surface area (Å²) < 4.78 is 73.6. The Morgan fingerprint density at radius 1 is 1.04 bits per heavy atom. The molecule has 248 valence electrons. The molecule has 2 amide bonds. The molecule has 0 bridgehead atoms. The number of hydrogen-bond donors (Lipinski definition) is 1. The van der Waals surface area contributed by atoms with Crippen LogP contribution in [0.1, 0.15) is 49.2 Å². The van der Waals surface area contributed by atoms with Gasteiger partial charge in [-0.2, -0.15) is 17.5 Å². The molecule has 1 saturated heterocycles. The maximum atomic E-state index is 13.7. The van der Waals surface area contributed by atoms with Crippen LogP contribution in [0.15, 0.2) is 53.4 Å². The number of ether oxygens (including phenoxy) is 1. The Labute approximate surface area is 263 Å². The van der Waals surface area contributed by atoms with Gasteiger partial charge < -0.3 is 15.0 Å². The van der Waals surface area contributed by atoms with Crippen LogP contribution in [0.2, 0.25) is 0 Å². The number of rotatable bonds is 11. The zero-order valence-corrected chi connectivity index (χ0v) is 26.2. The molecule has 0 spiro atoms. The summed E-state index contributed by atoms with van der Waals surface area (Å²) in [6.45, 7) is 4.73. The molecule has 46 heavy (non-hydrogen) atoms. The van der Waals surface area contributed by atoms with Crippen molar-refractivity contribution in [3.8, 4) is 0 Å². The van der Waals surface area contributed by atoms with E-state index >= 15 is 0 Å². The predicted octanol–water partition coefficient (Wildman–Crippen LogP) is 2.14. The van der Waals surface area contributed by atoms with Crippen molar-refractivity contribution in [1.82, 2.24) is 34.7 Å². The molecule has 1 N–H and O–H groups in total. The SMILES string of the molecule is CCOC(=O)Cc1nnnn1CC(=O)N1CCN(S(=O)(=O)c2ccc(C(F)(F)F)cc2)[C@@H](C(=O)NCc2ccc(C(C)C)cc2)C1. The summed E-state index contributed by atoms with van der Waals surface area (Å²) >= 11 is 0. The number of aromatic nitrogens is 4. The third-order valence-electron chi connectivity index (χ3n) is 7.39. The van der Waals surface area contributed by atoms with Gasteiger partial charge in [-0.25, -0.2) is 13.1 Å². The summed E-state index contributed by atoms with van der Waals surface area (Å²) in [5.74, 6) is -1.47. The first-order valence-corrected chi connectivity index (χ1v) is 15.9. The van der Waals surface area contributed by atoms with Crippen LogP contribution in [0.4, 0.5) is 13.2 Å². The van der Waals surface area contributed by atoms with Gasteiger partial charge in [-0.3, -0.25) is 14.4 Å². The minimum atomic E-state index is -4.67. The maximum Gasteiger partial charge on any atom is 0.416 e. The second-order valence-electron chi connectivity index (χ2n) is 10.8. The van der Waals surface area contributed by atoms with E-state index in [1.807, 2.05) is 38.1 Å². The molecule has 0 radical (unpaired) electrons. The summed E-state index contributed by atoms with van der Waals surface area (Å²) in [5, 5.41) is 13.7. The molecule has 4 rings (SSSR count). The van der Waals surface area contributed by atoms with Crippen molar-refractivity contribution >= 4 is 27.8 Å². The maximum absolute atomic E-state index is 13.7. The average molecular weight is 666 g/mol. The van der Waals surface area contributed by atoms with E-state index in [-0.39, 0.29) is 45.0 Å². The molecule has 13 nitrogen and oxygen atoms in total. The highest BCUT2D eigenvalue weighted by Crippen LogP contribution is 2.31. The Kier molecular flexibility index (Phi) is 10.8. The van der Waals surface area contributed by atoms with E-state index in [0.29, 0.717) is 18.1 Å². The molecule has 0 aliphatic carbocycles. The van der Waals surface area contributed by atoms with Gasteiger partial charge in [-0.1, -0.05) is 38.1 Å². The van der Waals surface area contributed by atoms with Crippen LogP contribution in [0.5, 0.6) is 0 Å². The van der Waals surface area contributed by atoms with Crippen molar-refractivity contribution in [2.24, 2.45) is 0 Å². The fraction of sp³-hybridized carbons (Fsp3) is 0.448. The van der Waals surface area contributed by atoms with Gasteiger partial charge in [0.2, 0.25) is 21.8 Å². The molecule has 17 heteroatoms. The van der Waals surface area contributed by atoms with Crippen LogP contribution in [-0.4, -0.2) is 87.9 Å². The summed E-state index contributed by atoms with van der Waals surface area (Å²) in [4.78, 5) is 39.6. The summed E-state index contributed by atoms with van der Waals surface area (Å²) in [6, 6.07) is 9.09. The van der Waals surface area contributed by atoms with E-state index in [9.17, 15) is 36.0 Å². The van der Waals surface area contributed by atoms with Crippen LogP contribution >= 0.6 is 0 Å². The predicted molar refractivity (Wildman–Crippen MR) is 156 cm³/mol. The number of nitrogens with one attached hydrogen (secondary N) is 1. The molecule has 1 aliphatic heterocycles. The summed E-state index contributed by atoms with van der Waals surface area (Å²) in [6.07, 6.45) is -4.95. The molecule has 3 aromatic rings. The molecule has 1 atom stereocenters. The van der Waals surface area contributed by atoms with Gasteiger partial charge in [0.25, 0.3) is 0 Å². The zero-order valence-electron chi connectivity index (χ0n) is 25.4. The second kappa shape index (κ2) is 14.4. The van der Waals surface area contributed by atoms with E-state index in [0.717, 1.165) is 32.2 Å². The number of hydrogen-bond acceptors (Lipinski definition) is 9. The zero-order chi connectivity index (χ0) is 33.6. The molecule has 0 saturated carbocycles. The molecular formula is C29H34F3N7O6S. The molecule has 0 unspecified atom stereocenters. The van der Waals surface area contributed by atoms with Gasteiger partial charge >= 0.3 is 12.1 Å². The quantitative estimate of drug-likeness (QED) is 0.303. The van der Waals surface area contributed by atoms with Crippen molar-refractivity contribution in [3.05, 3.63) is 71.0 Å². The number of carbonyl (C=O) groups is 3. The second-order valence-corrected chi connectivity index (χ2v) is 12.7. The minimum absolute atomic E-state index is 0.0671. The largest absolute Gasteiger partial charge is 0.466 e. The smallest absolute Gasteiger partial charge is 0.416 e. The van der Waals surface area contributed by atoms with E-state index in [2.05, 4.69) is 20.8 Å². The molecule has 1 aromatic heterocycles. The first kappa shape index (κ1) is 34.5. The van der Waals surface area contributed by atoms with Crippen LogP contribution in [0.25, 0.3) is 0 Å². The Morgan fingerprint density at radius 2 is 1.72 bits per heavy atom. The van der Waals surface area contributed by atoms with Gasteiger partial charge in [0, 0.05) is 26.2 Å². The normalized spacial score (nSPS) is 16.0.